The summed E-state index contributed by atoms with van der Waals surface area (Å²) in [6.07, 6.45) is -1.53. The lowest BCUT2D eigenvalue weighted by atomic mass is 10.2. The lowest BCUT2D eigenvalue weighted by Gasteiger charge is -2.14. The van der Waals surface area contributed by atoms with Gasteiger partial charge in [0.2, 0.25) is 0 Å². The quantitative estimate of drug-likeness (QED) is 0.804. The van der Waals surface area contributed by atoms with E-state index >= 15 is 0 Å². The van der Waals surface area contributed by atoms with Crippen molar-refractivity contribution in [1.29, 1.82) is 0 Å². The summed E-state index contributed by atoms with van der Waals surface area (Å²) >= 11 is 0. The Bertz CT molecular complexity index is 329. The number of β-amino-alcohol motifs (C(OH)–C–C–N with tert-alkyl or cyclic N) is 1. The van der Waals surface area contributed by atoms with E-state index in [0.717, 1.165) is 5.56 Å². The van der Waals surface area contributed by atoms with Crippen LogP contribution in [-0.2, 0) is 6.54 Å². The Kier molecular flexibility index (Phi) is 2.71. The van der Waals surface area contributed by atoms with E-state index in [4.69, 9.17) is 5.11 Å². The molecule has 15 heavy (non-hydrogen) atoms. The zero-order chi connectivity index (χ0) is 10.9. The summed E-state index contributed by atoms with van der Waals surface area (Å²) in [4.78, 5) is 1.57. The molecule has 0 unspecified atom stereocenters. The van der Waals surface area contributed by atoms with E-state index in [1.54, 1.807) is 4.90 Å². The zero-order valence-electron chi connectivity index (χ0n) is 8.24. The van der Waals surface area contributed by atoms with Gasteiger partial charge in [-0.1, -0.05) is 30.3 Å². The SMILES string of the molecule is O[C@@H]1CN(Cc2ccccc2)CC1(F)F. The highest BCUT2D eigenvalue weighted by Crippen LogP contribution is 2.28. The predicted molar refractivity (Wildman–Crippen MR) is 52.7 cm³/mol. The molecule has 0 aromatic heterocycles. The lowest BCUT2D eigenvalue weighted by Crippen LogP contribution is -2.31. The van der Waals surface area contributed by atoms with E-state index in [9.17, 15) is 8.78 Å². The summed E-state index contributed by atoms with van der Waals surface area (Å²) < 4.78 is 26.0. The summed E-state index contributed by atoms with van der Waals surface area (Å²) in [5.41, 5.74) is 0.988. The summed E-state index contributed by atoms with van der Waals surface area (Å²) in [5.74, 6) is -2.96. The van der Waals surface area contributed by atoms with Crippen molar-refractivity contribution in [3.63, 3.8) is 0 Å². The second-order valence-electron chi connectivity index (χ2n) is 3.93. The highest BCUT2D eigenvalue weighted by Gasteiger charge is 2.46. The minimum Gasteiger partial charge on any atom is -0.385 e. The summed E-state index contributed by atoms with van der Waals surface area (Å²) in [7, 11) is 0. The maximum atomic E-state index is 13.0. The molecule has 2 nitrogen and oxygen atoms in total. The number of nitrogens with zero attached hydrogens (tertiary/aromatic N) is 1. The molecule has 0 saturated carbocycles. The zero-order valence-corrected chi connectivity index (χ0v) is 8.24. The monoisotopic (exact) mass is 213 g/mol. The van der Waals surface area contributed by atoms with Crippen molar-refractivity contribution in [2.24, 2.45) is 0 Å². The highest BCUT2D eigenvalue weighted by atomic mass is 19.3. The molecular weight excluding hydrogens is 200 g/mol. The van der Waals surface area contributed by atoms with Gasteiger partial charge in [0.05, 0.1) is 6.54 Å². The van der Waals surface area contributed by atoms with E-state index in [-0.39, 0.29) is 13.1 Å². The molecule has 0 spiro atoms. The fourth-order valence-corrected chi connectivity index (χ4v) is 1.81. The molecule has 0 radical (unpaired) electrons. The van der Waals surface area contributed by atoms with E-state index < -0.39 is 12.0 Å². The molecule has 1 saturated heterocycles. The molecule has 1 fully saturated rings. The number of benzene rings is 1. The smallest absolute Gasteiger partial charge is 0.287 e. The Morgan fingerprint density at radius 3 is 2.53 bits per heavy atom. The molecule has 0 aliphatic carbocycles. The first kappa shape index (κ1) is 10.5. The van der Waals surface area contributed by atoms with Gasteiger partial charge < -0.3 is 5.11 Å². The van der Waals surface area contributed by atoms with Gasteiger partial charge in [-0.2, -0.15) is 0 Å². The van der Waals surface area contributed by atoms with Crippen molar-refractivity contribution >= 4 is 0 Å². The molecule has 2 rings (SSSR count). The molecule has 1 aromatic rings. The molecule has 1 aromatic carbocycles. The van der Waals surface area contributed by atoms with Crippen LogP contribution in [0.15, 0.2) is 30.3 Å². The van der Waals surface area contributed by atoms with E-state index in [1.165, 1.54) is 0 Å². The van der Waals surface area contributed by atoms with Crippen molar-refractivity contribution < 1.29 is 13.9 Å². The first-order valence-electron chi connectivity index (χ1n) is 4.90. The van der Waals surface area contributed by atoms with Gasteiger partial charge in [0.15, 0.2) is 0 Å². The van der Waals surface area contributed by atoms with E-state index in [2.05, 4.69) is 0 Å². The largest absolute Gasteiger partial charge is 0.385 e. The van der Waals surface area contributed by atoms with Gasteiger partial charge in [0.25, 0.3) is 5.92 Å². The Balaban J connectivity index is 1.99. The average Bonchev–Trinajstić information content (AvgIpc) is 2.42. The maximum absolute atomic E-state index is 13.0. The van der Waals surface area contributed by atoms with Crippen LogP contribution < -0.4 is 0 Å². The van der Waals surface area contributed by atoms with Gasteiger partial charge in [-0.3, -0.25) is 4.90 Å². The van der Waals surface area contributed by atoms with Crippen molar-refractivity contribution in [3.05, 3.63) is 35.9 Å². The fraction of sp³-hybridized carbons (Fsp3) is 0.455. The molecule has 4 heteroatoms. The van der Waals surface area contributed by atoms with E-state index in [0.29, 0.717) is 6.54 Å². The predicted octanol–water partition coefficient (Wildman–Crippen LogP) is 1.50. The van der Waals surface area contributed by atoms with Crippen LogP contribution in [0.2, 0.25) is 0 Å². The number of rotatable bonds is 2. The van der Waals surface area contributed by atoms with Crippen LogP contribution in [0.25, 0.3) is 0 Å². The number of hydrogen-bond donors (Lipinski definition) is 1. The van der Waals surface area contributed by atoms with Crippen molar-refractivity contribution in [2.75, 3.05) is 13.1 Å². The van der Waals surface area contributed by atoms with Crippen LogP contribution in [0.3, 0.4) is 0 Å². The standard InChI is InChI=1S/C11H13F2NO/c12-11(13)8-14(7-10(11)15)6-9-4-2-1-3-5-9/h1-5,10,15H,6-8H2/t10-/m1/s1. The molecule has 0 amide bonds. The minimum absolute atomic E-state index is 0.0435. The van der Waals surface area contributed by atoms with Crippen LogP contribution in [0.4, 0.5) is 8.78 Å². The number of alkyl halides is 2. The van der Waals surface area contributed by atoms with Gasteiger partial charge in [0, 0.05) is 13.1 Å². The van der Waals surface area contributed by atoms with Crippen LogP contribution >= 0.6 is 0 Å². The third-order valence-corrected chi connectivity index (χ3v) is 2.60. The Morgan fingerprint density at radius 1 is 1.33 bits per heavy atom. The Morgan fingerprint density at radius 2 is 2.00 bits per heavy atom. The number of halogens is 2. The minimum atomic E-state index is -2.96. The third kappa shape index (κ3) is 2.33. The molecule has 1 N–H and O–H groups in total. The molecule has 1 aliphatic rings. The van der Waals surface area contributed by atoms with Gasteiger partial charge >= 0.3 is 0 Å². The average molecular weight is 213 g/mol. The molecular formula is C11H13F2NO. The number of hydrogen-bond acceptors (Lipinski definition) is 2. The molecule has 82 valence electrons. The van der Waals surface area contributed by atoms with Crippen molar-refractivity contribution in [2.45, 2.75) is 18.6 Å². The first-order chi connectivity index (χ1) is 7.08. The van der Waals surface area contributed by atoms with Crippen LogP contribution in [0, 0.1) is 0 Å². The molecule has 1 aliphatic heterocycles. The Hall–Kier alpha value is -1.00. The summed E-state index contributed by atoms with van der Waals surface area (Å²) in [6.45, 7) is 0.151. The number of aliphatic hydroxyl groups excluding tert-OH is 1. The third-order valence-electron chi connectivity index (χ3n) is 2.60. The van der Waals surface area contributed by atoms with Crippen LogP contribution in [-0.4, -0.2) is 35.1 Å². The maximum Gasteiger partial charge on any atom is 0.287 e. The fourth-order valence-electron chi connectivity index (χ4n) is 1.81. The van der Waals surface area contributed by atoms with Crippen LogP contribution in [0.1, 0.15) is 5.56 Å². The normalized spacial score (nSPS) is 25.7. The second kappa shape index (κ2) is 3.87. The second-order valence-corrected chi connectivity index (χ2v) is 3.93. The molecule has 1 atom stereocenters. The van der Waals surface area contributed by atoms with Gasteiger partial charge in [-0.05, 0) is 5.56 Å². The van der Waals surface area contributed by atoms with Crippen LogP contribution in [0.5, 0.6) is 0 Å². The van der Waals surface area contributed by atoms with Crippen molar-refractivity contribution in [3.8, 4) is 0 Å². The van der Waals surface area contributed by atoms with Crippen molar-refractivity contribution in [1.82, 2.24) is 4.90 Å². The van der Waals surface area contributed by atoms with Gasteiger partial charge in [-0.15, -0.1) is 0 Å². The molecule has 1 heterocycles. The van der Waals surface area contributed by atoms with Gasteiger partial charge in [0.1, 0.15) is 6.10 Å². The summed E-state index contributed by atoms with van der Waals surface area (Å²) in [6, 6.07) is 9.42. The topological polar surface area (TPSA) is 23.5 Å². The Labute approximate surface area is 87.1 Å². The number of aliphatic hydroxyl groups is 1. The molecule has 0 bridgehead atoms. The summed E-state index contributed by atoms with van der Waals surface area (Å²) in [5, 5.41) is 9.11. The highest BCUT2D eigenvalue weighted by molar-refractivity contribution is 5.15. The number of likely N-dealkylation sites (tertiary alicyclic amines) is 1. The lowest BCUT2D eigenvalue weighted by molar-refractivity contribution is -0.0731. The van der Waals surface area contributed by atoms with Gasteiger partial charge in [-0.25, -0.2) is 8.78 Å². The first-order valence-corrected chi connectivity index (χ1v) is 4.90. The van der Waals surface area contributed by atoms with E-state index in [1.807, 2.05) is 30.3 Å².